The average Bonchev–Trinajstić information content (AvgIpc) is 3.27. The Labute approximate surface area is 175 Å². The van der Waals surface area contributed by atoms with E-state index in [4.69, 9.17) is 11.6 Å². The van der Waals surface area contributed by atoms with Crippen molar-refractivity contribution in [2.75, 3.05) is 13.1 Å². The first-order valence-corrected chi connectivity index (χ1v) is 11.8. The number of halogens is 1. The van der Waals surface area contributed by atoms with Gasteiger partial charge in [-0.2, -0.15) is 9.40 Å². The smallest absolute Gasteiger partial charge is 0.249 e. The number of rotatable bonds is 3. The normalized spacial score (nSPS) is 16.8. The quantitative estimate of drug-likeness (QED) is 0.427. The van der Waals surface area contributed by atoms with Crippen molar-refractivity contribution >= 4 is 78.9 Å². The Bertz CT molecular complexity index is 1170. The molecule has 1 aliphatic rings. The SMILES string of the molecule is Bc1nc2c(B)c(Cl)c(C3CCN(S(=O)(=O)c4cnc(C)s4)CC3)c(B)n2n1. The first-order chi connectivity index (χ1) is 13.2. The molecule has 1 aliphatic heterocycles. The third-order valence-corrected chi connectivity index (χ3v) is 9.11. The fourth-order valence-corrected chi connectivity index (χ4v) is 7.02. The fourth-order valence-electron chi connectivity index (χ4n) is 3.91. The van der Waals surface area contributed by atoms with E-state index in [1.165, 1.54) is 17.5 Å². The number of hydrogen-bond acceptors (Lipinski definition) is 6. The van der Waals surface area contributed by atoms with Crippen LogP contribution in [0.15, 0.2) is 10.4 Å². The van der Waals surface area contributed by atoms with Gasteiger partial charge in [-0.25, -0.2) is 22.9 Å². The molecular weight excluding hydrogens is 414 g/mol. The fraction of sp³-hybridized carbons (Fsp3) is 0.400. The summed E-state index contributed by atoms with van der Waals surface area (Å²) in [5, 5.41) is 5.97. The summed E-state index contributed by atoms with van der Waals surface area (Å²) in [5.41, 5.74) is 4.44. The van der Waals surface area contributed by atoms with Crippen LogP contribution in [0.2, 0.25) is 5.02 Å². The average molecular weight is 433 g/mol. The predicted molar refractivity (Wildman–Crippen MR) is 120 cm³/mol. The lowest BCUT2D eigenvalue weighted by atomic mass is 9.80. The number of hydrogen-bond donors (Lipinski definition) is 0. The molecule has 0 saturated carbocycles. The first-order valence-electron chi connectivity index (χ1n) is 9.14. The van der Waals surface area contributed by atoms with Gasteiger partial charge in [-0.3, -0.25) is 0 Å². The zero-order chi connectivity index (χ0) is 20.2. The van der Waals surface area contributed by atoms with Gasteiger partial charge in [0, 0.05) is 23.7 Å². The molecule has 3 aromatic rings. The van der Waals surface area contributed by atoms with Crippen LogP contribution >= 0.6 is 22.9 Å². The van der Waals surface area contributed by atoms with E-state index in [0.29, 0.717) is 23.0 Å². The lowest BCUT2D eigenvalue weighted by molar-refractivity contribution is 0.320. The van der Waals surface area contributed by atoms with Gasteiger partial charge in [0.05, 0.1) is 11.2 Å². The molecule has 0 unspecified atom stereocenters. The van der Waals surface area contributed by atoms with Crippen LogP contribution in [0.3, 0.4) is 0 Å². The van der Waals surface area contributed by atoms with Crippen molar-refractivity contribution in [2.24, 2.45) is 0 Å². The van der Waals surface area contributed by atoms with E-state index < -0.39 is 10.0 Å². The van der Waals surface area contributed by atoms with Crippen LogP contribution in [-0.2, 0) is 10.0 Å². The molecule has 1 fully saturated rings. The van der Waals surface area contributed by atoms with Crippen LogP contribution in [0.1, 0.15) is 29.3 Å². The highest BCUT2D eigenvalue weighted by molar-refractivity contribution is 7.91. The Hall–Kier alpha value is -1.36. The highest BCUT2D eigenvalue weighted by Gasteiger charge is 2.33. The highest BCUT2D eigenvalue weighted by atomic mass is 35.5. The van der Waals surface area contributed by atoms with E-state index in [2.05, 4.69) is 15.1 Å². The minimum atomic E-state index is -3.48. The van der Waals surface area contributed by atoms with E-state index in [0.717, 1.165) is 45.1 Å². The van der Waals surface area contributed by atoms with Crippen LogP contribution < -0.4 is 16.8 Å². The van der Waals surface area contributed by atoms with E-state index in [-0.39, 0.29) is 5.92 Å². The molecule has 0 amide bonds. The molecule has 0 radical (unpaired) electrons. The van der Waals surface area contributed by atoms with Crippen molar-refractivity contribution in [2.45, 2.75) is 29.9 Å². The van der Waals surface area contributed by atoms with Gasteiger partial charge in [-0.05, 0) is 36.7 Å². The van der Waals surface area contributed by atoms with Crippen molar-refractivity contribution < 1.29 is 8.42 Å². The van der Waals surface area contributed by atoms with Crippen molar-refractivity contribution in [3.8, 4) is 0 Å². The van der Waals surface area contributed by atoms with Crippen molar-refractivity contribution in [3.05, 3.63) is 21.8 Å². The molecule has 1 saturated heterocycles. The number of piperidine rings is 1. The van der Waals surface area contributed by atoms with Crippen LogP contribution in [-0.4, -0.2) is 68.9 Å². The van der Waals surface area contributed by atoms with Crippen molar-refractivity contribution in [1.29, 1.82) is 0 Å². The third kappa shape index (κ3) is 3.20. The van der Waals surface area contributed by atoms with E-state index in [1.807, 2.05) is 35.0 Å². The molecule has 13 heteroatoms. The lowest BCUT2D eigenvalue weighted by Gasteiger charge is -2.32. The van der Waals surface area contributed by atoms with Gasteiger partial charge in [-0.1, -0.05) is 11.6 Å². The maximum Gasteiger partial charge on any atom is 0.254 e. The standard InChI is InChI=1S/C15H19B3ClN5O2S2/c1-7-20-6-9(27-7)28(25,26)23-4-2-8(3-5-23)10-12(19)11(16)14-21-15(18)22-24(14)13(10)17/h6,8H,2-5,16-18H2,1H3. The van der Waals surface area contributed by atoms with Crippen LogP contribution in [0.4, 0.5) is 0 Å². The van der Waals surface area contributed by atoms with Gasteiger partial charge in [0.15, 0.2) is 19.9 Å². The van der Waals surface area contributed by atoms with Crippen LogP contribution in [0, 0.1) is 6.92 Å². The Balaban J connectivity index is 1.62. The Morgan fingerprint density at radius 2 is 1.93 bits per heavy atom. The van der Waals surface area contributed by atoms with Crippen molar-refractivity contribution in [3.63, 3.8) is 0 Å². The molecule has 0 spiro atoms. The molecule has 0 bridgehead atoms. The summed E-state index contributed by atoms with van der Waals surface area (Å²) in [6, 6.07) is 0. The second-order valence-corrected chi connectivity index (χ2v) is 11.0. The molecule has 7 nitrogen and oxygen atoms in total. The van der Waals surface area contributed by atoms with Crippen LogP contribution in [0.25, 0.3) is 5.65 Å². The Morgan fingerprint density at radius 3 is 2.54 bits per heavy atom. The molecule has 28 heavy (non-hydrogen) atoms. The molecule has 0 aliphatic carbocycles. The number of thiazole rings is 1. The number of pyridine rings is 1. The number of fused-ring (bicyclic) bond motifs is 1. The third-order valence-electron chi connectivity index (χ3n) is 5.38. The van der Waals surface area contributed by atoms with E-state index in [1.54, 1.807) is 4.31 Å². The second-order valence-electron chi connectivity index (χ2n) is 7.21. The second kappa shape index (κ2) is 7.16. The summed E-state index contributed by atoms with van der Waals surface area (Å²) in [5.74, 6) is 0.190. The molecule has 4 rings (SSSR count). The molecule has 4 heterocycles. The van der Waals surface area contributed by atoms with Gasteiger partial charge in [-0.15, -0.1) is 11.3 Å². The van der Waals surface area contributed by atoms with E-state index in [9.17, 15) is 8.42 Å². The Kier molecular flexibility index (Phi) is 5.10. The molecule has 0 atom stereocenters. The summed E-state index contributed by atoms with van der Waals surface area (Å²) in [4.78, 5) is 8.56. The summed E-state index contributed by atoms with van der Waals surface area (Å²) in [6.45, 7) is 2.74. The number of nitrogens with zero attached hydrogens (tertiary/aromatic N) is 5. The highest BCUT2D eigenvalue weighted by Crippen LogP contribution is 2.33. The Morgan fingerprint density at radius 1 is 1.25 bits per heavy atom. The van der Waals surface area contributed by atoms with Gasteiger partial charge in [0.1, 0.15) is 19.2 Å². The monoisotopic (exact) mass is 433 g/mol. The number of aryl methyl sites for hydroxylation is 1. The lowest BCUT2D eigenvalue weighted by Crippen LogP contribution is -2.39. The summed E-state index contributed by atoms with van der Waals surface area (Å²) >= 11 is 7.94. The van der Waals surface area contributed by atoms with Gasteiger partial charge >= 0.3 is 0 Å². The molecule has 0 aromatic carbocycles. The molecule has 0 N–H and O–H groups in total. The maximum atomic E-state index is 12.9. The van der Waals surface area contributed by atoms with Gasteiger partial charge in [0.25, 0.3) is 10.0 Å². The largest absolute Gasteiger partial charge is 0.254 e. The zero-order valence-corrected chi connectivity index (χ0v) is 18.6. The van der Waals surface area contributed by atoms with Gasteiger partial charge in [0.2, 0.25) is 0 Å². The predicted octanol–water partition coefficient (Wildman–Crippen LogP) is -2.51. The molecular formula is C15H19B3ClN5O2S2. The minimum absolute atomic E-state index is 0.190. The zero-order valence-electron chi connectivity index (χ0n) is 16.2. The first kappa shape index (κ1) is 19.9. The number of sulfonamides is 1. The number of aromatic nitrogens is 4. The topological polar surface area (TPSA) is 80.5 Å². The summed E-state index contributed by atoms with van der Waals surface area (Å²) in [7, 11) is 2.35. The van der Waals surface area contributed by atoms with Crippen molar-refractivity contribution in [1.82, 2.24) is 23.9 Å². The summed E-state index contributed by atoms with van der Waals surface area (Å²) in [6.07, 6.45) is 2.89. The summed E-state index contributed by atoms with van der Waals surface area (Å²) < 4.78 is 29.4. The van der Waals surface area contributed by atoms with Gasteiger partial charge < -0.3 is 0 Å². The molecule has 144 valence electrons. The molecule has 3 aromatic heterocycles. The van der Waals surface area contributed by atoms with Crippen LogP contribution in [0.5, 0.6) is 0 Å². The maximum absolute atomic E-state index is 12.9. The minimum Gasteiger partial charge on any atom is -0.249 e. The van der Waals surface area contributed by atoms with E-state index >= 15 is 0 Å².